The average molecular weight is 391 g/mol. The first kappa shape index (κ1) is 17.9. The second-order valence-corrected chi connectivity index (χ2v) is 7.49. The molecule has 1 amide bonds. The zero-order chi connectivity index (χ0) is 19.8. The molecule has 0 radical (unpaired) electrons. The Kier molecular flexibility index (Phi) is 4.52. The summed E-state index contributed by atoms with van der Waals surface area (Å²) in [6.07, 6.45) is 0.448. The molecule has 29 heavy (non-hydrogen) atoms. The summed E-state index contributed by atoms with van der Waals surface area (Å²) < 4.78 is 10.5. The minimum atomic E-state index is -1.06. The zero-order valence-corrected chi connectivity index (χ0v) is 15.7. The van der Waals surface area contributed by atoms with E-state index in [-0.39, 0.29) is 25.0 Å². The fraction of sp³-hybridized carbons (Fsp3) is 0.318. The quantitative estimate of drug-likeness (QED) is 0.667. The molecule has 0 bridgehead atoms. The van der Waals surface area contributed by atoms with Gasteiger partial charge in [-0.2, -0.15) is 4.98 Å². The topological polar surface area (TPSA) is 97.5 Å². The summed E-state index contributed by atoms with van der Waals surface area (Å²) in [7, 11) is 0. The standard InChI is InChI=1S/C22H21N3O4/c26-19(21-24-20(25-29-21)13-9-10-13)11-23-22(27)28-12-18-16-7-3-1-5-14(16)15-6-2-4-8-17(15)18/h1-8,13,18-19,26H,9-12H2,(H,23,27). The van der Waals surface area contributed by atoms with E-state index < -0.39 is 12.2 Å². The number of ether oxygens (including phenoxy) is 1. The van der Waals surface area contributed by atoms with Crippen LogP contribution >= 0.6 is 0 Å². The van der Waals surface area contributed by atoms with Crippen molar-refractivity contribution >= 4 is 6.09 Å². The molecule has 3 aromatic rings. The van der Waals surface area contributed by atoms with Crippen molar-refractivity contribution in [3.8, 4) is 11.1 Å². The van der Waals surface area contributed by atoms with Crippen LogP contribution in [-0.2, 0) is 4.74 Å². The molecular weight excluding hydrogens is 370 g/mol. The molecule has 2 aliphatic rings. The highest BCUT2D eigenvalue weighted by Crippen LogP contribution is 2.44. The van der Waals surface area contributed by atoms with Crippen molar-refractivity contribution in [2.75, 3.05) is 13.2 Å². The molecule has 1 unspecified atom stereocenters. The Bertz CT molecular complexity index is 998. The number of aliphatic hydroxyl groups is 1. The Balaban J connectivity index is 1.18. The highest BCUT2D eigenvalue weighted by Gasteiger charge is 2.31. The first-order chi connectivity index (χ1) is 14.2. The van der Waals surface area contributed by atoms with Crippen molar-refractivity contribution in [2.24, 2.45) is 0 Å². The number of rotatable bonds is 6. The summed E-state index contributed by atoms with van der Waals surface area (Å²) in [5.41, 5.74) is 4.66. The number of carbonyl (C=O) groups is 1. The molecule has 148 valence electrons. The third kappa shape index (κ3) is 3.49. The number of hydrogen-bond donors (Lipinski definition) is 2. The van der Waals surface area contributed by atoms with Gasteiger partial charge >= 0.3 is 6.09 Å². The van der Waals surface area contributed by atoms with E-state index in [2.05, 4.69) is 39.7 Å². The van der Waals surface area contributed by atoms with Crippen LogP contribution in [0.15, 0.2) is 53.1 Å². The van der Waals surface area contributed by atoms with Gasteiger partial charge in [-0.1, -0.05) is 53.7 Å². The van der Waals surface area contributed by atoms with Gasteiger partial charge in [0.2, 0.25) is 0 Å². The number of nitrogens with zero attached hydrogens (tertiary/aromatic N) is 2. The van der Waals surface area contributed by atoms with Gasteiger partial charge in [-0.25, -0.2) is 4.79 Å². The Labute approximate surface area is 167 Å². The number of carbonyl (C=O) groups excluding carboxylic acids is 1. The fourth-order valence-corrected chi connectivity index (χ4v) is 3.81. The molecule has 7 nitrogen and oxygen atoms in total. The lowest BCUT2D eigenvalue weighted by Crippen LogP contribution is -2.30. The van der Waals surface area contributed by atoms with E-state index in [4.69, 9.17) is 9.26 Å². The molecule has 1 saturated carbocycles. The molecule has 1 heterocycles. The predicted octanol–water partition coefficient (Wildman–Crippen LogP) is 3.52. The summed E-state index contributed by atoms with van der Waals surface area (Å²) in [5.74, 6) is 1.08. The van der Waals surface area contributed by atoms with Gasteiger partial charge < -0.3 is 19.7 Å². The van der Waals surface area contributed by atoms with Gasteiger partial charge in [-0.05, 0) is 35.1 Å². The van der Waals surface area contributed by atoms with Crippen LogP contribution in [0.1, 0.15) is 53.6 Å². The van der Waals surface area contributed by atoms with E-state index in [1.54, 1.807) is 0 Å². The van der Waals surface area contributed by atoms with E-state index in [0.29, 0.717) is 11.7 Å². The van der Waals surface area contributed by atoms with Crippen LogP contribution < -0.4 is 5.32 Å². The average Bonchev–Trinajstić information content (AvgIpc) is 3.39. The molecular formula is C22H21N3O4. The molecule has 1 atom stereocenters. The number of nitrogens with one attached hydrogen (secondary N) is 1. The minimum Gasteiger partial charge on any atom is -0.449 e. The third-order valence-corrected chi connectivity index (χ3v) is 5.47. The van der Waals surface area contributed by atoms with Gasteiger partial charge in [0.25, 0.3) is 5.89 Å². The molecule has 1 aromatic heterocycles. The summed E-state index contributed by atoms with van der Waals surface area (Å²) in [6.45, 7) is 0.172. The normalized spacial score (nSPS) is 16.2. The molecule has 2 aromatic carbocycles. The van der Waals surface area contributed by atoms with Crippen LogP contribution in [0.5, 0.6) is 0 Å². The van der Waals surface area contributed by atoms with E-state index in [9.17, 15) is 9.90 Å². The van der Waals surface area contributed by atoms with Gasteiger partial charge in [-0.3, -0.25) is 0 Å². The number of fused-ring (bicyclic) bond motifs is 3. The minimum absolute atomic E-state index is 0.00452. The molecule has 2 aliphatic carbocycles. The smallest absolute Gasteiger partial charge is 0.407 e. The van der Waals surface area contributed by atoms with E-state index >= 15 is 0 Å². The summed E-state index contributed by atoms with van der Waals surface area (Å²) in [4.78, 5) is 16.4. The molecule has 2 N–H and O–H groups in total. The van der Waals surface area contributed by atoms with Gasteiger partial charge in [0, 0.05) is 11.8 Å². The zero-order valence-electron chi connectivity index (χ0n) is 15.7. The molecule has 0 saturated heterocycles. The van der Waals surface area contributed by atoms with Crippen molar-refractivity contribution in [3.63, 3.8) is 0 Å². The lowest BCUT2D eigenvalue weighted by Gasteiger charge is -2.15. The maximum atomic E-state index is 12.2. The monoisotopic (exact) mass is 391 g/mol. The summed E-state index contributed by atoms with van der Waals surface area (Å²) in [5, 5.41) is 16.6. The van der Waals surface area contributed by atoms with Crippen molar-refractivity contribution in [2.45, 2.75) is 30.8 Å². The number of alkyl carbamates (subject to hydrolysis) is 1. The Morgan fingerprint density at radius 2 is 1.79 bits per heavy atom. The second-order valence-electron chi connectivity index (χ2n) is 7.49. The van der Waals surface area contributed by atoms with E-state index in [1.165, 1.54) is 11.1 Å². The van der Waals surface area contributed by atoms with Gasteiger partial charge in [0.15, 0.2) is 11.9 Å². The maximum Gasteiger partial charge on any atom is 0.407 e. The molecule has 0 spiro atoms. The maximum absolute atomic E-state index is 12.2. The summed E-state index contributed by atoms with van der Waals surface area (Å²) in [6, 6.07) is 16.3. The molecule has 5 rings (SSSR count). The Morgan fingerprint density at radius 1 is 1.14 bits per heavy atom. The van der Waals surface area contributed by atoms with E-state index in [0.717, 1.165) is 24.0 Å². The van der Waals surface area contributed by atoms with Crippen molar-refractivity contribution in [3.05, 3.63) is 71.4 Å². The van der Waals surface area contributed by atoms with E-state index in [1.807, 2.05) is 24.3 Å². The molecule has 7 heteroatoms. The molecule has 0 aliphatic heterocycles. The van der Waals surface area contributed by atoms with Crippen LogP contribution in [0.2, 0.25) is 0 Å². The fourth-order valence-electron chi connectivity index (χ4n) is 3.81. The SMILES string of the molecule is O=C(NCC(O)c1nc(C2CC2)no1)OCC1c2ccccc2-c2ccccc21. The summed E-state index contributed by atoms with van der Waals surface area (Å²) >= 11 is 0. The van der Waals surface area contributed by atoms with Crippen LogP contribution in [0.4, 0.5) is 4.79 Å². The van der Waals surface area contributed by atoms with Gasteiger partial charge in [0.05, 0.1) is 6.54 Å². The highest BCUT2D eigenvalue weighted by molar-refractivity contribution is 5.79. The number of hydrogen-bond acceptors (Lipinski definition) is 6. The number of aliphatic hydroxyl groups excluding tert-OH is 1. The Morgan fingerprint density at radius 3 is 2.45 bits per heavy atom. The van der Waals surface area contributed by atoms with Gasteiger partial charge in [-0.15, -0.1) is 0 Å². The molecule has 1 fully saturated rings. The first-order valence-electron chi connectivity index (χ1n) is 9.81. The lowest BCUT2D eigenvalue weighted by molar-refractivity contribution is 0.113. The van der Waals surface area contributed by atoms with Crippen molar-refractivity contribution in [1.82, 2.24) is 15.5 Å². The van der Waals surface area contributed by atoms with Crippen LogP contribution in [0, 0.1) is 0 Å². The highest BCUT2D eigenvalue weighted by atomic mass is 16.5. The van der Waals surface area contributed by atoms with Crippen LogP contribution in [-0.4, -0.2) is 34.5 Å². The van der Waals surface area contributed by atoms with Crippen LogP contribution in [0.3, 0.4) is 0 Å². The van der Waals surface area contributed by atoms with Crippen LogP contribution in [0.25, 0.3) is 11.1 Å². The number of aromatic nitrogens is 2. The first-order valence-corrected chi connectivity index (χ1v) is 9.81. The predicted molar refractivity (Wildman–Crippen MR) is 104 cm³/mol. The number of amides is 1. The lowest BCUT2D eigenvalue weighted by atomic mass is 9.98. The second kappa shape index (κ2) is 7.33. The largest absolute Gasteiger partial charge is 0.449 e. The Hall–Kier alpha value is -3.19. The van der Waals surface area contributed by atoms with Gasteiger partial charge in [0.1, 0.15) is 6.61 Å². The van der Waals surface area contributed by atoms with Crippen molar-refractivity contribution < 1.29 is 19.2 Å². The van der Waals surface area contributed by atoms with Crippen molar-refractivity contribution in [1.29, 1.82) is 0 Å². The number of benzene rings is 2. The third-order valence-electron chi connectivity index (χ3n) is 5.47.